The first-order valence-electron chi connectivity index (χ1n) is 3.61. The number of amides is 1. The lowest BCUT2D eigenvalue weighted by Crippen LogP contribution is -2.32. The first-order chi connectivity index (χ1) is 4.70. The predicted molar refractivity (Wildman–Crippen MR) is 37.3 cm³/mol. The van der Waals surface area contributed by atoms with E-state index in [1.165, 1.54) is 0 Å². The molecule has 0 aromatic carbocycles. The number of hydrogen-bond donors (Lipinski definition) is 1. The molecule has 2 N–H and O–H groups in total. The van der Waals surface area contributed by atoms with E-state index in [1.807, 2.05) is 6.92 Å². The maximum Gasteiger partial charge on any atom is 0.220 e. The van der Waals surface area contributed by atoms with Gasteiger partial charge in [-0.15, -0.1) is 0 Å². The molecule has 0 aromatic rings. The van der Waals surface area contributed by atoms with Crippen LogP contribution < -0.4 is 5.73 Å². The fourth-order valence-electron chi connectivity index (χ4n) is 1.26. The summed E-state index contributed by atoms with van der Waals surface area (Å²) >= 11 is 0. The molecule has 0 radical (unpaired) electrons. The normalized spacial score (nSPS) is 33.7. The molecule has 1 fully saturated rings. The molecule has 1 unspecified atom stereocenters. The summed E-state index contributed by atoms with van der Waals surface area (Å²) in [6, 6.07) is 0. The lowest BCUT2D eigenvalue weighted by Gasteiger charge is -2.24. The van der Waals surface area contributed by atoms with E-state index in [2.05, 4.69) is 0 Å². The molecule has 1 aliphatic rings. The van der Waals surface area contributed by atoms with Crippen molar-refractivity contribution in [1.82, 2.24) is 0 Å². The molecule has 1 saturated heterocycles. The zero-order valence-corrected chi connectivity index (χ0v) is 6.17. The van der Waals surface area contributed by atoms with Gasteiger partial charge >= 0.3 is 0 Å². The van der Waals surface area contributed by atoms with E-state index in [1.54, 1.807) is 0 Å². The summed E-state index contributed by atoms with van der Waals surface area (Å²) in [6.07, 6.45) is 1.78. The quantitative estimate of drug-likeness (QED) is 0.573. The van der Waals surface area contributed by atoms with E-state index in [4.69, 9.17) is 10.5 Å². The molecule has 0 bridgehead atoms. The average molecular weight is 143 g/mol. The van der Waals surface area contributed by atoms with Crippen LogP contribution in [0.2, 0.25) is 0 Å². The maximum absolute atomic E-state index is 10.7. The molecule has 3 nitrogen and oxygen atoms in total. The van der Waals surface area contributed by atoms with Gasteiger partial charge in [0.15, 0.2) is 0 Å². The fraction of sp³-hybridized carbons (Fsp3) is 0.857. The summed E-state index contributed by atoms with van der Waals surface area (Å²) in [6.45, 7) is 2.64. The van der Waals surface area contributed by atoms with Crippen molar-refractivity contribution in [3.8, 4) is 0 Å². The largest absolute Gasteiger partial charge is 0.378 e. The summed E-state index contributed by atoms with van der Waals surface area (Å²) in [5, 5.41) is 0. The van der Waals surface area contributed by atoms with Gasteiger partial charge in [-0.3, -0.25) is 4.79 Å². The third-order valence-electron chi connectivity index (χ3n) is 1.89. The topological polar surface area (TPSA) is 52.3 Å². The Morgan fingerprint density at radius 1 is 1.70 bits per heavy atom. The van der Waals surface area contributed by atoms with Crippen molar-refractivity contribution in [2.24, 2.45) is 11.7 Å². The first kappa shape index (κ1) is 7.54. The second kappa shape index (κ2) is 3.01. The number of hydrogen-bond acceptors (Lipinski definition) is 2. The highest BCUT2D eigenvalue weighted by Crippen LogP contribution is 2.18. The molecule has 1 rings (SSSR count). The van der Waals surface area contributed by atoms with E-state index >= 15 is 0 Å². The third kappa shape index (κ3) is 1.70. The fourth-order valence-corrected chi connectivity index (χ4v) is 1.26. The minimum atomic E-state index is -0.185. The summed E-state index contributed by atoms with van der Waals surface area (Å²) in [5.41, 5.74) is 5.13. The Kier molecular flexibility index (Phi) is 2.27. The van der Waals surface area contributed by atoms with E-state index < -0.39 is 0 Å². The van der Waals surface area contributed by atoms with Gasteiger partial charge < -0.3 is 10.5 Å². The van der Waals surface area contributed by atoms with Crippen molar-refractivity contribution in [3.05, 3.63) is 0 Å². The molecular formula is C7H13NO2. The monoisotopic (exact) mass is 143 g/mol. The zero-order chi connectivity index (χ0) is 7.56. The highest BCUT2D eigenvalue weighted by atomic mass is 16.5. The molecule has 0 spiro atoms. The van der Waals surface area contributed by atoms with Crippen LogP contribution in [0.5, 0.6) is 0 Å². The summed E-state index contributed by atoms with van der Waals surface area (Å²) < 4.78 is 5.25. The summed E-state index contributed by atoms with van der Waals surface area (Å²) in [7, 11) is 0. The molecule has 1 aliphatic heterocycles. The minimum absolute atomic E-state index is 0.0451. The van der Waals surface area contributed by atoms with Crippen LogP contribution in [0.3, 0.4) is 0 Å². The second-order valence-electron chi connectivity index (χ2n) is 2.81. The number of primary amides is 1. The van der Waals surface area contributed by atoms with E-state index in [-0.39, 0.29) is 17.9 Å². The average Bonchev–Trinajstić information content (AvgIpc) is 1.88. The number of carbonyl (C=O) groups is 1. The van der Waals surface area contributed by atoms with E-state index in [9.17, 15) is 4.79 Å². The van der Waals surface area contributed by atoms with Crippen molar-refractivity contribution >= 4 is 5.91 Å². The molecule has 1 heterocycles. The molecule has 3 heteroatoms. The van der Waals surface area contributed by atoms with Crippen LogP contribution in [0.4, 0.5) is 0 Å². The van der Waals surface area contributed by atoms with Crippen molar-refractivity contribution in [3.63, 3.8) is 0 Å². The van der Waals surface area contributed by atoms with Gasteiger partial charge in [0.1, 0.15) is 0 Å². The maximum atomic E-state index is 10.7. The van der Waals surface area contributed by atoms with Gasteiger partial charge in [-0.1, -0.05) is 0 Å². The highest BCUT2D eigenvalue weighted by molar-refractivity contribution is 5.76. The van der Waals surface area contributed by atoms with Crippen LogP contribution in [0, 0.1) is 5.92 Å². The summed E-state index contributed by atoms with van der Waals surface area (Å²) in [5.74, 6) is -0.140. The van der Waals surface area contributed by atoms with E-state index in [0.717, 1.165) is 12.8 Å². The summed E-state index contributed by atoms with van der Waals surface area (Å²) in [4.78, 5) is 10.7. The van der Waals surface area contributed by atoms with Gasteiger partial charge in [0.2, 0.25) is 5.91 Å². The molecule has 0 aliphatic carbocycles. The molecular weight excluding hydrogens is 130 g/mol. The molecule has 58 valence electrons. The Bertz CT molecular complexity index is 136. The SMILES string of the molecule is C[C@H]1CC(C(N)=O)CCO1. The highest BCUT2D eigenvalue weighted by Gasteiger charge is 2.22. The molecule has 2 atom stereocenters. The first-order valence-corrected chi connectivity index (χ1v) is 3.61. The van der Waals surface area contributed by atoms with Gasteiger partial charge in [-0.25, -0.2) is 0 Å². The van der Waals surface area contributed by atoms with Crippen LogP contribution in [-0.2, 0) is 9.53 Å². The van der Waals surface area contributed by atoms with Crippen LogP contribution in [-0.4, -0.2) is 18.6 Å². The Morgan fingerprint density at radius 2 is 2.40 bits per heavy atom. The molecule has 0 aromatic heterocycles. The smallest absolute Gasteiger partial charge is 0.220 e. The van der Waals surface area contributed by atoms with Crippen molar-refractivity contribution in [2.75, 3.05) is 6.61 Å². The van der Waals surface area contributed by atoms with Gasteiger partial charge in [-0.2, -0.15) is 0 Å². The Morgan fingerprint density at radius 3 is 2.80 bits per heavy atom. The van der Waals surface area contributed by atoms with Crippen molar-refractivity contribution < 1.29 is 9.53 Å². The Balaban J connectivity index is 2.39. The Hall–Kier alpha value is -0.570. The lowest BCUT2D eigenvalue weighted by atomic mass is 9.96. The van der Waals surface area contributed by atoms with E-state index in [0.29, 0.717) is 6.61 Å². The number of carbonyl (C=O) groups excluding carboxylic acids is 1. The van der Waals surface area contributed by atoms with Gasteiger partial charge in [0.05, 0.1) is 6.10 Å². The number of nitrogens with two attached hydrogens (primary N) is 1. The molecule has 10 heavy (non-hydrogen) atoms. The van der Waals surface area contributed by atoms with Crippen LogP contribution in [0.1, 0.15) is 19.8 Å². The predicted octanol–water partition coefficient (Wildman–Crippen LogP) is 0.287. The third-order valence-corrected chi connectivity index (χ3v) is 1.89. The Labute approximate surface area is 60.5 Å². The lowest BCUT2D eigenvalue weighted by molar-refractivity contribution is -0.126. The van der Waals surface area contributed by atoms with Gasteiger partial charge in [0, 0.05) is 12.5 Å². The minimum Gasteiger partial charge on any atom is -0.378 e. The molecule has 0 saturated carbocycles. The van der Waals surface area contributed by atoms with Gasteiger partial charge in [0.25, 0.3) is 0 Å². The van der Waals surface area contributed by atoms with Gasteiger partial charge in [-0.05, 0) is 19.8 Å². The van der Waals surface area contributed by atoms with Crippen LogP contribution >= 0.6 is 0 Å². The molecule has 1 amide bonds. The van der Waals surface area contributed by atoms with Crippen LogP contribution in [0.15, 0.2) is 0 Å². The zero-order valence-electron chi connectivity index (χ0n) is 6.17. The number of ether oxygens (including phenoxy) is 1. The standard InChI is InChI=1S/C7H13NO2/c1-5-4-6(7(8)9)2-3-10-5/h5-6H,2-4H2,1H3,(H2,8,9)/t5-,6?/m0/s1. The van der Waals surface area contributed by atoms with Crippen LogP contribution in [0.25, 0.3) is 0 Å². The number of rotatable bonds is 1. The van der Waals surface area contributed by atoms with Crippen molar-refractivity contribution in [2.45, 2.75) is 25.9 Å². The second-order valence-corrected chi connectivity index (χ2v) is 2.81. The van der Waals surface area contributed by atoms with Crippen molar-refractivity contribution in [1.29, 1.82) is 0 Å².